The maximum absolute atomic E-state index is 14.5. The molecule has 0 atom stereocenters. The van der Waals surface area contributed by atoms with Crippen LogP contribution < -0.4 is 10.0 Å². The van der Waals surface area contributed by atoms with E-state index >= 15 is 0 Å². The molecule has 0 unspecified atom stereocenters. The van der Waals surface area contributed by atoms with Crippen LogP contribution in [0.5, 0.6) is 0 Å². The zero-order valence-electron chi connectivity index (χ0n) is 17.3. The first-order valence-corrected chi connectivity index (χ1v) is 12.4. The van der Waals surface area contributed by atoms with Crippen molar-refractivity contribution in [3.05, 3.63) is 63.9 Å². The topological polar surface area (TPSA) is 87.2 Å². The van der Waals surface area contributed by atoms with Crippen molar-refractivity contribution in [2.75, 3.05) is 23.1 Å². The van der Waals surface area contributed by atoms with Crippen molar-refractivity contribution in [3.8, 4) is 0 Å². The van der Waals surface area contributed by atoms with Gasteiger partial charge in [-0.05, 0) is 36.6 Å². The molecular weight excluding hydrogens is 437 g/mol. The van der Waals surface area contributed by atoms with E-state index in [2.05, 4.69) is 31.8 Å². The van der Waals surface area contributed by atoms with Gasteiger partial charge in [-0.1, -0.05) is 19.1 Å². The Morgan fingerprint density at radius 3 is 2.74 bits per heavy atom. The number of thiazole rings is 1. The molecule has 1 aromatic carbocycles. The second-order valence-corrected chi connectivity index (χ2v) is 10.1. The highest BCUT2D eigenvalue weighted by molar-refractivity contribution is 7.92. The zero-order chi connectivity index (χ0) is 22.0. The van der Waals surface area contributed by atoms with E-state index in [0.717, 1.165) is 25.2 Å². The fraction of sp³-hybridized carbons (Fsp3) is 0.333. The van der Waals surface area contributed by atoms with Gasteiger partial charge in [-0.15, -0.1) is 11.3 Å². The second kappa shape index (κ2) is 8.89. The number of sulfonamides is 1. The number of hydrogen-bond donors (Lipinski definition) is 2. The average molecular weight is 462 g/mol. The van der Waals surface area contributed by atoms with E-state index in [1.807, 2.05) is 6.07 Å². The normalized spacial score (nSPS) is 14.9. The summed E-state index contributed by atoms with van der Waals surface area (Å²) >= 11 is 1.29. The summed E-state index contributed by atoms with van der Waals surface area (Å²) in [5, 5.41) is 4.71. The molecule has 164 valence electrons. The Hall–Kier alpha value is -2.56. The number of nitrogens with zero attached hydrogens (tertiary/aromatic N) is 3. The molecule has 2 aromatic heterocycles. The van der Waals surface area contributed by atoms with Crippen LogP contribution in [0.1, 0.15) is 23.7 Å². The van der Waals surface area contributed by atoms with Crippen LogP contribution in [0, 0.1) is 18.7 Å². The highest BCUT2D eigenvalue weighted by Crippen LogP contribution is 2.24. The summed E-state index contributed by atoms with van der Waals surface area (Å²) in [5.74, 6) is 0.690. The van der Waals surface area contributed by atoms with E-state index in [-0.39, 0.29) is 23.2 Å². The summed E-state index contributed by atoms with van der Waals surface area (Å²) < 4.78 is 42.0. The number of likely N-dealkylation sites (tertiary alicyclic amines) is 1. The number of aryl methyl sites for hydroxylation is 1. The number of halogens is 1. The van der Waals surface area contributed by atoms with Gasteiger partial charge >= 0.3 is 0 Å². The van der Waals surface area contributed by atoms with Crippen LogP contribution in [0.2, 0.25) is 0 Å². The Balaban J connectivity index is 1.47. The summed E-state index contributed by atoms with van der Waals surface area (Å²) in [5.41, 5.74) is 4.28. The second-order valence-electron chi connectivity index (χ2n) is 7.79. The average Bonchev–Trinajstić information content (AvgIpc) is 3.19. The summed E-state index contributed by atoms with van der Waals surface area (Å²) in [4.78, 5) is 10.4. The maximum atomic E-state index is 14.5. The standard InChI is InChI=1S/C21H24FN5O2S2/c1-14-9-27(10-14)11-16-4-3-5-18(22)17(16)8-23-19-6-7-21(25-15(19)2)31(28,29)26-20-12-30-13-24-20/h3-7,12-14,23,26H,8-11H2,1-2H3. The first-order chi connectivity index (χ1) is 14.8. The quantitative estimate of drug-likeness (QED) is 0.530. The molecule has 4 rings (SSSR count). The molecule has 3 heterocycles. The predicted octanol–water partition coefficient (Wildman–Crippen LogP) is 3.85. The third-order valence-electron chi connectivity index (χ3n) is 5.21. The van der Waals surface area contributed by atoms with Crippen LogP contribution >= 0.6 is 11.3 Å². The van der Waals surface area contributed by atoms with Gasteiger partial charge in [0.15, 0.2) is 10.8 Å². The number of rotatable bonds is 8. The van der Waals surface area contributed by atoms with Crippen molar-refractivity contribution >= 4 is 32.9 Å². The molecule has 1 aliphatic rings. The first-order valence-electron chi connectivity index (χ1n) is 9.93. The highest BCUT2D eigenvalue weighted by Gasteiger charge is 2.23. The molecule has 1 saturated heterocycles. The Morgan fingerprint density at radius 2 is 2.06 bits per heavy atom. The molecule has 1 fully saturated rings. The number of pyridine rings is 1. The van der Waals surface area contributed by atoms with Crippen molar-refractivity contribution in [2.45, 2.75) is 32.0 Å². The molecule has 0 amide bonds. The fourth-order valence-corrected chi connectivity index (χ4v) is 5.21. The zero-order valence-corrected chi connectivity index (χ0v) is 18.9. The lowest BCUT2D eigenvalue weighted by Gasteiger charge is -2.37. The summed E-state index contributed by atoms with van der Waals surface area (Å²) in [6.07, 6.45) is 0. The molecule has 2 N–H and O–H groups in total. The molecule has 0 radical (unpaired) electrons. The molecule has 0 spiro atoms. The van der Waals surface area contributed by atoms with Crippen molar-refractivity contribution in [2.24, 2.45) is 5.92 Å². The number of nitrogens with one attached hydrogen (secondary N) is 2. The largest absolute Gasteiger partial charge is 0.379 e. The molecule has 3 aromatic rings. The van der Waals surface area contributed by atoms with Crippen molar-refractivity contribution < 1.29 is 12.8 Å². The Labute approximate surface area is 185 Å². The van der Waals surface area contributed by atoms with Gasteiger partial charge in [0.05, 0.1) is 16.9 Å². The number of anilines is 2. The van der Waals surface area contributed by atoms with E-state index < -0.39 is 10.0 Å². The van der Waals surface area contributed by atoms with Crippen LogP contribution in [-0.4, -0.2) is 36.4 Å². The van der Waals surface area contributed by atoms with Crippen LogP contribution in [0.4, 0.5) is 15.9 Å². The van der Waals surface area contributed by atoms with E-state index in [1.54, 1.807) is 29.9 Å². The summed E-state index contributed by atoms with van der Waals surface area (Å²) in [6.45, 7) is 6.98. The monoisotopic (exact) mass is 461 g/mol. The molecule has 10 heteroatoms. The van der Waals surface area contributed by atoms with Gasteiger partial charge in [-0.3, -0.25) is 9.62 Å². The van der Waals surface area contributed by atoms with E-state index in [1.165, 1.54) is 23.5 Å². The van der Waals surface area contributed by atoms with Gasteiger partial charge in [-0.25, -0.2) is 14.4 Å². The van der Waals surface area contributed by atoms with Gasteiger partial charge in [0, 0.05) is 37.1 Å². The van der Waals surface area contributed by atoms with Gasteiger partial charge in [0.1, 0.15) is 5.82 Å². The van der Waals surface area contributed by atoms with Crippen LogP contribution in [0.3, 0.4) is 0 Å². The lowest BCUT2D eigenvalue weighted by molar-refractivity contribution is 0.104. The number of aromatic nitrogens is 2. The number of benzene rings is 1. The molecule has 0 aliphatic carbocycles. The molecule has 0 bridgehead atoms. The highest BCUT2D eigenvalue weighted by atomic mass is 32.2. The van der Waals surface area contributed by atoms with Crippen LogP contribution in [-0.2, 0) is 23.1 Å². The fourth-order valence-electron chi connectivity index (χ4n) is 3.66. The van der Waals surface area contributed by atoms with Gasteiger partial charge < -0.3 is 5.32 Å². The number of hydrogen-bond acceptors (Lipinski definition) is 7. The van der Waals surface area contributed by atoms with Gasteiger partial charge in [-0.2, -0.15) is 8.42 Å². The van der Waals surface area contributed by atoms with Crippen molar-refractivity contribution in [1.29, 1.82) is 0 Å². The lowest BCUT2D eigenvalue weighted by atomic mass is 9.99. The van der Waals surface area contributed by atoms with Gasteiger partial charge in [0.2, 0.25) is 0 Å². The summed E-state index contributed by atoms with van der Waals surface area (Å²) in [6, 6.07) is 8.22. The predicted molar refractivity (Wildman–Crippen MR) is 120 cm³/mol. The third-order valence-corrected chi connectivity index (χ3v) is 7.05. The lowest BCUT2D eigenvalue weighted by Crippen LogP contribution is -2.44. The molecular formula is C21H24FN5O2S2. The Morgan fingerprint density at radius 1 is 1.26 bits per heavy atom. The van der Waals surface area contributed by atoms with Crippen molar-refractivity contribution in [1.82, 2.24) is 14.9 Å². The Kier molecular flexibility index (Phi) is 6.22. The van der Waals surface area contributed by atoms with Crippen molar-refractivity contribution in [3.63, 3.8) is 0 Å². The molecule has 0 saturated carbocycles. The van der Waals surface area contributed by atoms with E-state index in [0.29, 0.717) is 22.9 Å². The minimum atomic E-state index is -3.83. The minimum absolute atomic E-state index is 0.0953. The van der Waals surface area contributed by atoms with Crippen LogP contribution in [0.25, 0.3) is 0 Å². The third kappa shape index (κ3) is 5.03. The first kappa shape index (κ1) is 21.7. The van der Waals surface area contributed by atoms with E-state index in [9.17, 15) is 12.8 Å². The van der Waals surface area contributed by atoms with Gasteiger partial charge in [0.25, 0.3) is 10.0 Å². The minimum Gasteiger partial charge on any atom is -0.379 e. The Bertz CT molecular complexity index is 1160. The summed E-state index contributed by atoms with van der Waals surface area (Å²) in [7, 11) is -3.83. The maximum Gasteiger partial charge on any atom is 0.280 e. The van der Waals surface area contributed by atoms with E-state index in [4.69, 9.17) is 0 Å². The molecule has 31 heavy (non-hydrogen) atoms. The molecule has 1 aliphatic heterocycles. The smallest absolute Gasteiger partial charge is 0.280 e. The SMILES string of the molecule is Cc1nc(S(=O)(=O)Nc2cscn2)ccc1NCc1c(F)cccc1CN1CC(C)C1. The molecule has 7 nitrogen and oxygen atoms in total. The van der Waals surface area contributed by atoms with Crippen LogP contribution in [0.15, 0.2) is 46.2 Å².